The van der Waals surface area contributed by atoms with Crippen LogP contribution in [0.4, 0.5) is 0 Å². The van der Waals surface area contributed by atoms with Crippen LogP contribution in [-0.4, -0.2) is 35.0 Å². The van der Waals surface area contributed by atoms with Crippen LogP contribution in [0.5, 0.6) is 0 Å². The molecule has 0 aromatic carbocycles. The molecule has 5 nitrogen and oxygen atoms in total. The summed E-state index contributed by atoms with van der Waals surface area (Å²) in [6, 6.07) is 6.39. The average molecular weight is 259 g/mol. The van der Waals surface area contributed by atoms with Crippen molar-refractivity contribution in [2.45, 2.75) is 26.3 Å². The summed E-state index contributed by atoms with van der Waals surface area (Å²) in [7, 11) is 1.78. The van der Waals surface area contributed by atoms with Gasteiger partial charge in [-0.15, -0.1) is 0 Å². The number of nitrogens with zero attached hydrogens (tertiary/aromatic N) is 3. The number of rotatable bonds is 4. The van der Waals surface area contributed by atoms with Crippen molar-refractivity contribution in [1.29, 1.82) is 0 Å². The smallest absolute Gasteiger partial charge is 0.191 e. The van der Waals surface area contributed by atoms with Crippen molar-refractivity contribution in [2.75, 3.05) is 13.6 Å². The van der Waals surface area contributed by atoms with E-state index in [9.17, 15) is 0 Å². The third kappa shape index (κ3) is 3.71. The maximum atomic E-state index is 4.56. The van der Waals surface area contributed by atoms with Crippen LogP contribution in [0.25, 0.3) is 5.65 Å². The minimum absolute atomic E-state index is 0.376. The van der Waals surface area contributed by atoms with Crippen molar-refractivity contribution < 1.29 is 0 Å². The molecule has 0 amide bonds. The Balaban J connectivity index is 1.88. The number of imidazole rings is 1. The number of aromatic nitrogens is 2. The lowest BCUT2D eigenvalue weighted by Crippen LogP contribution is -2.41. The van der Waals surface area contributed by atoms with Crippen LogP contribution in [0.3, 0.4) is 0 Å². The summed E-state index contributed by atoms with van der Waals surface area (Å²) in [6.07, 6.45) is 4.95. The molecule has 102 valence electrons. The molecule has 0 aliphatic heterocycles. The predicted molar refractivity (Wildman–Crippen MR) is 78.5 cm³/mol. The van der Waals surface area contributed by atoms with Gasteiger partial charge in [-0.3, -0.25) is 4.99 Å². The normalized spacial score (nSPS) is 12.1. The highest BCUT2D eigenvalue weighted by Gasteiger charge is 2.02. The van der Waals surface area contributed by atoms with Crippen LogP contribution in [0.2, 0.25) is 0 Å². The molecule has 0 fully saturated rings. The zero-order valence-corrected chi connectivity index (χ0v) is 11.7. The molecule has 0 radical (unpaired) electrons. The van der Waals surface area contributed by atoms with E-state index in [2.05, 4.69) is 40.7 Å². The number of fused-ring (bicyclic) bond motifs is 1. The Kier molecular flexibility index (Phi) is 4.39. The summed E-state index contributed by atoms with van der Waals surface area (Å²) >= 11 is 0. The first-order valence-electron chi connectivity index (χ1n) is 6.59. The molecule has 5 heteroatoms. The molecular weight excluding hydrogens is 238 g/mol. The van der Waals surface area contributed by atoms with Gasteiger partial charge >= 0.3 is 0 Å². The molecule has 2 heterocycles. The van der Waals surface area contributed by atoms with Gasteiger partial charge in [-0.05, 0) is 26.0 Å². The Morgan fingerprint density at radius 1 is 1.42 bits per heavy atom. The quantitative estimate of drug-likeness (QED) is 0.645. The first kappa shape index (κ1) is 13.4. The summed E-state index contributed by atoms with van der Waals surface area (Å²) in [5.74, 6) is 0.832. The summed E-state index contributed by atoms with van der Waals surface area (Å²) in [5.41, 5.74) is 2.07. The average Bonchev–Trinajstić information content (AvgIpc) is 2.79. The van der Waals surface area contributed by atoms with Gasteiger partial charge in [-0.1, -0.05) is 6.07 Å². The topological polar surface area (TPSA) is 53.7 Å². The molecule has 0 unspecified atom stereocenters. The fraction of sp³-hybridized carbons (Fsp3) is 0.429. The maximum absolute atomic E-state index is 4.56. The van der Waals surface area contributed by atoms with Gasteiger partial charge in [0.2, 0.25) is 0 Å². The Bertz CT molecular complexity index is 523. The fourth-order valence-corrected chi connectivity index (χ4v) is 1.88. The minimum Gasteiger partial charge on any atom is -0.356 e. The second-order valence-corrected chi connectivity index (χ2v) is 4.75. The SMILES string of the molecule is CN=C(NCCc1cn2ccccc2n1)NC(C)C. The maximum Gasteiger partial charge on any atom is 0.191 e. The molecule has 2 rings (SSSR count). The number of pyridine rings is 1. The molecule has 2 aromatic heterocycles. The fourth-order valence-electron chi connectivity index (χ4n) is 1.88. The molecule has 19 heavy (non-hydrogen) atoms. The Morgan fingerprint density at radius 3 is 2.95 bits per heavy atom. The molecule has 0 atom stereocenters. The van der Waals surface area contributed by atoms with Crippen molar-refractivity contribution in [2.24, 2.45) is 4.99 Å². The Hall–Kier alpha value is -2.04. The van der Waals surface area contributed by atoms with Gasteiger partial charge in [-0.25, -0.2) is 4.98 Å². The third-order valence-electron chi connectivity index (χ3n) is 2.74. The highest BCUT2D eigenvalue weighted by Crippen LogP contribution is 2.04. The van der Waals surface area contributed by atoms with Crippen molar-refractivity contribution >= 4 is 11.6 Å². The first-order valence-corrected chi connectivity index (χ1v) is 6.59. The van der Waals surface area contributed by atoms with E-state index >= 15 is 0 Å². The molecule has 2 aromatic rings. The zero-order chi connectivity index (χ0) is 13.7. The van der Waals surface area contributed by atoms with Crippen molar-refractivity contribution in [3.05, 3.63) is 36.3 Å². The molecule has 0 saturated heterocycles. The molecule has 2 N–H and O–H groups in total. The van der Waals surface area contributed by atoms with Gasteiger partial charge in [0.1, 0.15) is 5.65 Å². The van der Waals surface area contributed by atoms with Crippen LogP contribution in [0.15, 0.2) is 35.6 Å². The lowest BCUT2D eigenvalue weighted by atomic mass is 10.3. The summed E-state index contributed by atoms with van der Waals surface area (Å²) < 4.78 is 2.04. The van der Waals surface area contributed by atoms with Crippen LogP contribution in [0.1, 0.15) is 19.5 Å². The number of aliphatic imine (C=N–C) groups is 1. The van der Waals surface area contributed by atoms with E-state index in [1.54, 1.807) is 7.05 Å². The standard InChI is InChI=1S/C14H21N5/c1-11(2)17-14(15-3)16-8-7-12-10-19-9-5-4-6-13(19)18-12/h4-6,9-11H,7-8H2,1-3H3,(H2,15,16,17). The highest BCUT2D eigenvalue weighted by atomic mass is 15.2. The lowest BCUT2D eigenvalue weighted by molar-refractivity contribution is 0.696. The van der Waals surface area contributed by atoms with Crippen molar-refractivity contribution in [3.8, 4) is 0 Å². The largest absolute Gasteiger partial charge is 0.356 e. The van der Waals surface area contributed by atoms with Gasteiger partial charge in [0, 0.05) is 38.4 Å². The van der Waals surface area contributed by atoms with Crippen LogP contribution < -0.4 is 10.6 Å². The summed E-state index contributed by atoms with van der Waals surface area (Å²) in [6.45, 7) is 5.00. The van der Waals surface area contributed by atoms with Gasteiger partial charge in [0.05, 0.1) is 5.69 Å². The monoisotopic (exact) mass is 259 g/mol. The number of guanidine groups is 1. The summed E-state index contributed by atoms with van der Waals surface area (Å²) in [4.78, 5) is 8.73. The van der Waals surface area contributed by atoms with E-state index in [1.807, 2.05) is 28.8 Å². The molecule has 0 aliphatic rings. The highest BCUT2D eigenvalue weighted by molar-refractivity contribution is 5.79. The van der Waals surface area contributed by atoms with E-state index in [-0.39, 0.29) is 0 Å². The summed E-state index contributed by atoms with van der Waals surface area (Å²) in [5, 5.41) is 6.54. The Morgan fingerprint density at radius 2 is 2.26 bits per heavy atom. The van der Waals surface area contributed by atoms with Gasteiger partial charge in [0.15, 0.2) is 5.96 Å². The van der Waals surface area contributed by atoms with E-state index in [1.165, 1.54) is 0 Å². The van der Waals surface area contributed by atoms with E-state index in [4.69, 9.17) is 0 Å². The van der Waals surface area contributed by atoms with Crippen LogP contribution >= 0.6 is 0 Å². The van der Waals surface area contributed by atoms with Crippen molar-refractivity contribution in [1.82, 2.24) is 20.0 Å². The van der Waals surface area contributed by atoms with E-state index in [0.29, 0.717) is 6.04 Å². The van der Waals surface area contributed by atoms with Crippen LogP contribution in [0, 0.1) is 0 Å². The molecule has 0 spiro atoms. The molecule has 0 bridgehead atoms. The van der Waals surface area contributed by atoms with Gasteiger partial charge in [0.25, 0.3) is 0 Å². The van der Waals surface area contributed by atoms with Crippen molar-refractivity contribution in [3.63, 3.8) is 0 Å². The second-order valence-electron chi connectivity index (χ2n) is 4.75. The third-order valence-corrected chi connectivity index (χ3v) is 2.74. The molecular formula is C14H21N5. The predicted octanol–water partition coefficient (Wildman–Crippen LogP) is 1.45. The number of nitrogens with one attached hydrogen (secondary N) is 2. The Labute approximate surface area is 113 Å². The van der Waals surface area contributed by atoms with Gasteiger partial charge in [-0.2, -0.15) is 0 Å². The lowest BCUT2D eigenvalue weighted by Gasteiger charge is -2.13. The number of hydrogen-bond donors (Lipinski definition) is 2. The molecule has 0 saturated carbocycles. The molecule has 0 aliphatic carbocycles. The number of hydrogen-bond acceptors (Lipinski definition) is 2. The minimum atomic E-state index is 0.376. The first-order chi connectivity index (χ1) is 9.19. The zero-order valence-electron chi connectivity index (χ0n) is 11.7. The van der Waals surface area contributed by atoms with E-state index in [0.717, 1.165) is 30.3 Å². The van der Waals surface area contributed by atoms with E-state index < -0.39 is 0 Å². The second kappa shape index (κ2) is 6.22. The van der Waals surface area contributed by atoms with Gasteiger partial charge < -0.3 is 15.0 Å². The van der Waals surface area contributed by atoms with Crippen LogP contribution in [-0.2, 0) is 6.42 Å².